The predicted molar refractivity (Wildman–Crippen MR) is 149 cm³/mol. The van der Waals surface area contributed by atoms with Crippen molar-refractivity contribution < 1.29 is 18.6 Å². The van der Waals surface area contributed by atoms with Gasteiger partial charge in [0.2, 0.25) is 5.89 Å². The lowest BCUT2D eigenvalue weighted by Gasteiger charge is -2.14. The number of nitrogens with one attached hydrogen (secondary N) is 1. The number of nitrogens with zero attached hydrogens (tertiary/aromatic N) is 4. The van der Waals surface area contributed by atoms with E-state index in [0.29, 0.717) is 64.0 Å². The zero-order chi connectivity index (χ0) is 26.1. The van der Waals surface area contributed by atoms with Crippen LogP contribution in [0, 0.1) is 17.0 Å². The van der Waals surface area contributed by atoms with E-state index in [0.717, 1.165) is 11.3 Å². The number of fused-ring (bicyclic) bond motifs is 2. The number of halogens is 2. The van der Waals surface area contributed by atoms with Crippen LogP contribution in [0.4, 0.5) is 11.5 Å². The van der Waals surface area contributed by atoms with E-state index in [1.807, 2.05) is 18.9 Å². The molecule has 0 saturated heterocycles. The molecule has 0 radical (unpaired) electrons. The van der Waals surface area contributed by atoms with Crippen LogP contribution in [0.2, 0.25) is 5.02 Å². The summed E-state index contributed by atoms with van der Waals surface area (Å²) in [4.78, 5) is 34.3. The number of amides is 1. The molecule has 0 aliphatic heterocycles. The minimum atomic E-state index is -0.465. The van der Waals surface area contributed by atoms with Crippen LogP contribution in [0.5, 0.6) is 0 Å². The average Bonchev–Trinajstić information content (AvgIpc) is 3.41. The Morgan fingerprint density at radius 1 is 1.11 bits per heavy atom. The van der Waals surface area contributed by atoms with Crippen LogP contribution in [0.3, 0.4) is 0 Å². The van der Waals surface area contributed by atoms with Crippen molar-refractivity contribution in [3.8, 4) is 0 Å². The molecule has 5 aromatic rings. The molecule has 0 aliphatic rings. The first-order valence-corrected chi connectivity index (χ1v) is 11.8. The number of non-ortho nitro benzene ring substituents is 1. The number of nitro groups is 1. The highest BCUT2D eigenvalue weighted by molar-refractivity contribution is 8.93. The maximum Gasteiger partial charge on any atom is 0.273 e. The molecular weight excluding hydrogens is 578 g/mol. The summed E-state index contributed by atoms with van der Waals surface area (Å²) in [5.41, 5.74) is 3.52. The van der Waals surface area contributed by atoms with Gasteiger partial charge in [-0.15, -0.1) is 17.0 Å². The van der Waals surface area contributed by atoms with Gasteiger partial charge in [-0.05, 0) is 50.7 Å². The number of aryl methyl sites for hydroxylation is 1. The van der Waals surface area contributed by atoms with Crippen molar-refractivity contribution >= 4 is 68.2 Å². The lowest BCUT2D eigenvalue weighted by Crippen LogP contribution is -2.21. The smallest absolute Gasteiger partial charge is 0.273 e. The number of carbonyl (C=O) groups excluding carboxylic acids is 1. The van der Waals surface area contributed by atoms with Crippen LogP contribution in [0.25, 0.3) is 22.2 Å². The van der Waals surface area contributed by atoms with Gasteiger partial charge in [-0.3, -0.25) is 19.8 Å². The first kappa shape index (κ1) is 27.2. The Hall–Kier alpha value is -3.80. The van der Waals surface area contributed by atoms with Crippen LogP contribution in [0.1, 0.15) is 27.6 Å². The lowest BCUT2D eigenvalue weighted by atomic mass is 10.1. The summed E-state index contributed by atoms with van der Waals surface area (Å²) < 4.78 is 11.6. The molecule has 3 aromatic heterocycles. The molecule has 5 rings (SSSR count). The number of carbonyl (C=O) groups is 1. The van der Waals surface area contributed by atoms with Gasteiger partial charge in [-0.1, -0.05) is 23.7 Å². The van der Waals surface area contributed by atoms with Crippen molar-refractivity contribution in [3.05, 3.63) is 92.5 Å². The summed E-state index contributed by atoms with van der Waals surface area (Å²) in [5, 5.41) is 14.2. The van der Waals surface area contributed by atoms with Gasteiger partial charge in [0.05, 0.1) is 28.1 Å². The molecule has 2 aromatic carbocycles. The zero-order valence-corrected chi connectivity index (χ0v) is 22.9. The van der Waals surface area contributed by atoms with Crippen LogP contribution in [-0.4, -0.2) is 39.3 Å². The minimum absolute atomic E-state index is 0. The fourth-order valence-corrected chi connectivity index (χ4v) is 4.31. The molecule has 0 unspecified atom stereocenters. The molecule has 0 atom stereocenters. The van der Waals surface area contributed by atoms with Gasteiger partial charge < -0.3 is 14.2 Å². The number of nitro benzene ring substituents is 1. The summed E-state index contributed by atoms with van der Waals surface area (Å²) in [6, 6.07) is 14.6. The number of likely N-dealkylation sites (N-methyl/N-ethyl adjacent to an activating group) is 1. The van der Waals surface area contributed by atoms with Gasteiger partial charge in [-0.25, -0.2) is 9.97 Å². The van der Waals surface area contributed by atoms with Gasteiger partial charge in [0, 0.05) is 18.2 Å². The van der Waals surface area contributed by atoms with E-state index < -0.39 is 4.92 Å². The molecule has 0 aliphatic carbocycles. The van der Waals surface area contributed by atoms with Crippen molar-refractivity contribution in [2.75, 3.05) is 18.9 Å². The van der Waals surface area contributed by atoms with Gasteiger partial charge in [-0.2, -0.15) is 0 Å². The monoisotopic (exact) mass is 599 g/mol. The first-order chi connectivity index (χ1) is 17.8. The number of anilines is 1. The summed E-state index contributed by atoms with van der Waals surface area (Å²) in [7, 11) is 1.93. The first-order valence-electron chi connectivity index (χ1n) is 11.5. The highest BCUT2D eigenvalue weighted by Gasteiger charge is 2.17. The van der Waals surface area contributed by atoms with Crippen molar-refractivity contribution in [3.63, 3.8) is 0 Å². The number of pyridine rings is 1. The second kappa shape index (κ2) is 11.3. The van der Waals surface area contributed by atoms with E-state index in [-0.39, 0.29) is 28.6 Å². The number of oxazole rings is 1. The fourth-order valence-electron chi connectivity index (χ4n) is 4.09. The third-order valence-corrected chi connectivity index (χ3v) is 6.30. The largest absolute Gasteiger partial charge is 0.459 e. The van der Waals surface area contributed by atoms with E-state index in [1.54, 1.807) is 42.5 Å². The Bertz CT molecular complexity index is 1650. The normalized spacial score (nSPS) is 11.2. The minimum Gasteiger partial charge on any atom is -0.459 e. The van der Waals surface area contributed by atoms with Crippen LogP contribution >= 0.6 is 28.6 Å². The summed E-state index contributed by atoms with van der Waals surface area (Å²) in [6.07, 6.45) is 0.635. The van der Waals surface area contributed by atoms with Crippen molar-refractivity contribution in [1.29, 1.82) is 0 Å². The average molecular weight is 601 g/mol. The number of benzene rings is 2. The molecule has 1 amide bonds. The van der Waals surface area contributed by atoms with Crippen LogP contribution < -0.4 is 5.32 Å². The molecule has 0 bridgehead atoms. The van der Waals surface area contributed by atoms with Crippen LogP contribution in [0.15, 0.2) is 63.4 Å². The molecule has 0 fully saturated rings. The van der Waals surface area contributed by atoms with E-state index >= 15 is 0 Å². The van der Waals surface area contributed by atoms with Gasteiger partial charge in [0.1, 0.15) is 22.6 Å². The van der Waals surface area contributed by atoms with Crippen molar-refractivity contribution in [1.82, 2.24) is 14.9 Å². The molecule has 12 heteroatoms. The van der Waals surface area contributed by atoms with Gasteiger partial charge in [0.15, 0.2) is 11.2 Å². The number of hydrogen-bond donors (Lipinski definition) is 1. The third kappa shape index (κ3) is 5.69. The second-order valence-corrected chi connectivity index (χ2v) is 9.03. The van der Waals surface area contributed by atoms with Crippen LogP contribution in [-0.2, 0) is 13.0 Å². The maximum absolute atomic E-state index is 12.7. The topological polar surface area (TPSA) is 128 Å². The van der Waals surface area contributed by atoms with E-state index in [1.165, 1.54) is 12.1 Å². The Morgan fingerprint density at radius 3 is 2.66 bits per heavy atom. The molecule has 196 valence electrons. The molecule has 1 N–H and O–H groups in total. The van der Waals surface area contributed by atoms with Gasteiger partial charge >= 0.3 is 0 Å². The molecule has 10 nitrogen and oxygen atoms in total. The highest BCUT2D eigenvalue weighted by Crippen LogP contribution is 2.27. The third-order valence-electron chi connectivity index (χ3n) is 5.97. The van der Waals surface area contributed by atoms with E-state index in [4.69, 9.17) is 20.4 Å². The molecule has 38 heavy (non-hydrogen) atoms. The van der Waals surface area contributed by atoms with E-state index in [2.05, 4.69) is 15.3 Å². The molecule has 0 spiro atoms. The quantitative estimate of drug-likeness (QED) is 0.161. The molecule has 0 saturated carbocycles. The second-order valence-electron chi connectivity index (χ2n) is 8.62. The summed E-state index contributed by atoms with van der Waals surface area (Å²) in [6.45, 7) is 2.95. The lowest BCUT2D eigenvalue weighted by molar-refractivity contribution is -0.384. The molecule has 3 heterocycles. The Balaban J connectivity index is 0.00000336. The van der Waals surface area contributed by atoms with E-state index in [9.17, 15) is 14.9 Å². The molecular formula is C26H23BrClN5O5. The maximum atomic E-state index is 12.7. The number of rotatable bonds is 8. The highest BCUT2D eigenvalue weighted by atomic mass is 79.9. The summed E-state index contributed by atoms with van der Waals surface area (Å²) in [5.74, 6) is 1.27. The van der Waals surface area contributed by atoms with Gasteiger partial charge in [0.25, 0.3) is 11.6 Å². The Morgan fingerprint density at radius 2 is 1.89 bits per heavy atom. The fraction of sp³-hybridized carbons (Fsp3) is 0.192. The number of aromatic nitrogens is 2. The number of hydrogen-bond acceptors (Lipinski definition) is 8. The summed E-state index contributed by atoms with van der Waals surface area (Å²) >= 11 is 6.14. The SMILES string of the molecule is Br.Cc1oc2ccc(NC(=O)c3ccccc3Cl)nc2c1CCN(C)Cc1nc2ccc([N+](=O)[O-])cc2o1. The Labute approximate surface area is 232 Å². The Kier molecular flexibility index (Phi) is 8.10. The number of furan rings is 1. The van der Waals surface area contributed by atoms with Crippen molar-refractivity contribution in [2.45, 2.75) is 19.9 Å². The van der Waals surface area contributed by atoms with Crippen molar-refractivity contribution in [2.24, 2.45) is 0 Å². The predicted octanol–water partition coefficient (Wildman–Crippen LogP) is 6.34. The standard InChI is InChI=1S/C26H22ClN5O5.BrH/c1-15-17(11-12-31(2)14-24-28-20-8-7-16(32(34)35)13-22(20)37-24)25-21(36-15)9-10-23(29-25)30-26(33)18-5-3-4-6-19(18)27;/h3-10,13H,11-12,14H2,1-2H3,(H,29,30,33);1H. The zero-order valence-electron chi connectivity index (χ0n) is 20.4.